The predicted octanol–water partition coefficient (Wildman–Crippen LogP) is 2.45. The third-order valence-electron chi connectivity index (χ3n) is 5.13. The largest absolute Gasteiger partial charge is 0.497 e. The highest BCUT2D eigenvalue weighted by molar-refractivity contribution is 7.89. The van der Waals surface area contributed by atoms with Crippen LogP contribution in [0.5, 0.6) is 5.75 Å². The molecule has 0 radical (unpaired) electrons. The molecule has 1 aromatic carbocycles. The quantitative estimate of drug-likeness (QED) is 0.638. The zero-order valence-corrected chi connectivity index (χ0v) is 17.2. The molecule has 2 aromatic heterocycles. The number of piperidine rings is 1. The molecule has 0 amide bonds. The Morgan fingerprint density at radius 1 is 1.17 bits per heavy atom. The summed E-state index contributed by atoms with van der Waals surface area (Å²) in [6.07, 6.45) is 7.95. The van der Waals surface area contributed by atoms with Crippen LogP contribution in [0.1, 0.15) is 24.5 Å². The van der Waals surface area contributed by atoms with Crippen LogP contribution in [0, 0.1) is 0 Å². The van der Waals surface area contributed by atoms with Crippen molar-refractivity contribution < 1.29 is 13.2 Å². The SMILES string of the molecule is COc1cccc(-c2nccnc2[C@@H]2CCCN(S(=O)(=O)c3cn(C)cn3)C2)c1. The Kier molecular flexibility index (Phi) is 5.33. The van der Waals surface area contributed by atoms with E-state index in [1.165, 1.54) is 16.8 Å². The summed E-state index contributed by atoms with van der Waals surface area (Å²) in [5.74, 6) is 0.694. The van der Waals surface area contributed by atoms with Crippen molar-refractivity contribution in [1.29, 1.82) is 0 Å². The van der Waals surface area contributed by atoms with Gasteiger partial charge in [0.2, 0.25) is 0 Å². The average molecular weight is 414 g/mol. The predicted molar refractivity (Wildman–Crippen MR) is 108 cm³/mol. The molecule has 1 saturated heterocycles. The summed E-state index contributed by atoms with van der Waals surface area (Å²) in [4.78, 5) is 13.2. The number of aryl methyl sites for hydroxylation is 1. The molecule has 3 aromatic rings. The summed E-state index contributed by atoms with van der Waals surface area (Å²) in [5, 5.41) is 0.0767. The summed E-state index contributed by atoms with van der Waals surface area (Å²) in [7, 11) is -0.259. The van der Waals surface area contributed by atoms with Gasteiger partial charge in [-0.1, -0.05) is 12.1 Å². The topological polar surface area (TPSA) is 90.2 Å². The van der Waals surface area contributed by atoms with Gasteiger partial charge < -0.3 is 9.30 Å². The molecule has 0 N–H and O–H groups in total. The van der Waals surface area contributed by atoms with Crippen molar-refractivity contribution in [2.75, 3.05) is 20.2 Å². The van der Waals surface area contributed by atoms with Crippen molar-refractivity contribution in [2.24, 2.45) is 7.05 Å². The van der Waals surface area contributed by atoms with E-state index in [0.29, 0.717) is 13.1 Å². The molecule has 1 aliphatic rings. The van der Waals surface area contributed by atoms with Crippen molar-refractivity contribution in [3.8, 4) is 17.0 Å². The maximum atomic E-state index is 13.0. The second-order valence-electron chi connectivity index (χ2n) is 7.10. The Hall–Kier alpha value is -2.78. The summed E-state index contributed by atoms with van der Waals surface area (Å²) in [6, 6.07) is 7.66. The van der Waals surface area contributed by atoms with Crippen molar-refractivity contribution in [3.63, 3.8) is 0 Å². The highest BCUT2D eigenvalue weighted by Gasteiger charge is 2.34. The van der Waals surface area contributed by atoms with Crippen LogP contribution in [0.2, 0.25) is 0 Å². The molecular formula is C20H23N5O3S. The molecule has 0 bridgehead atoms. The lowest BCUT2D eigenvalue weighted by atomic mass is 9.92. The zero-order chi connectivity index (χ0) is 20.4. The molecule has 1 fully saturated rings. The third-order valence-corrected chi connectivity index (χ3v) is 6.88. The van der Waals surface area contributed by atoms with Crippen LogP contribution >= 0.6 is 0 Å². The summed E-state index contributed by atoms with van der Waals surface area (Å²) in [5.41, 5.74) is 2.47. The lowest BCUT2D eigenvalue weighted by molar-refractivity contribution is 0.312. The number of hydrogen-bond donors (Lipinski definition) is 0. The molecule has 0 spiro atoms. The Bertz CT molecular complexity index is 1110. The van der Waals surface area contributed by atoms with E-state index in [9.17, 15) is 8.42 Å². The zero-order valence-electron chi connectivity index (χ0n) is 16.4. The monoisotopic (exact) mass is 413 g/mol. The highest BCUT2D eigenvalue weighted by atomic mass is 32.2. The number of benzene rings is 1. The first kappa shape index (κ1) is 19.5. The van der Waals surface area contributed by atoms with E-state index in [-0.39, 0.29) is 10.9 Å². The molecular weight excluding hydrogens is 390 g/mol. The first-order valence-electron chi connectivity index (χ1n) is 9.42. The average Bonchev–Trinajstić information content (AvgIpc) is 3.21. The summed E-state index contributed by atoms with van der Waals surface area (Å²) < 4.78 is 34.5. The van der Waals surface area contributed by atoms with Crippen LogP contribution in [0.3, 0.4) is 0 Å². The van der Waals surface area contributed by atoms with Crippen molar-refractivity contribution in [2.45, 2.75) is 23.8 Å². The molecule has 1 atom stereocenters. The Morgan fingerprint density at radius 2 is 2.00 bits per heavy atom. The van der Waals surface area contributed by atoms with Crippen molar-refractivity contribution in [1.82, 2.24) is 23.8 Å². The number of imidazole rings is 1. The molecule has 8 nitrogen and oxygen atoms in total. The number of ether oxygens (including phenoxy) is 1. The molecule has 1 aliphatic heterocycles. The van der Waals surface area contributed by atoms with E-state index in [1.807, 2.05) is 24.3 Å². The minimum atomic E-state index is -3.64. The number of nitrogens with zero attached hydrogens (tertiary/aromatic N) is 5. The second kappa shape index (κ2) is 7.92. The fraction of sp³-hybridized carbons (Fsp3) is 0.350. The van der Waals surface area contributed by atoms with Crippen LogP contribution in [-0.4, -0.2) is 52.4 Å². The molecule has 0 saturated carbocycles. The fourth-order valence-electron chi connectivity index (χ4n) is 3.68. The van der Waals surface area contributed by atoms with Crippen LogP contribution in [0.25, 0.3) is 11.3 Å². The van der Waals surface area contributed by atoms with Gasteiger partial charge in [-0.05, 0) is 25.0 Å². The number of rotatable bonds is 5. The molecule has 152 valence electrons. The van der Waals surface area contributed by atoms with Crippen LogP contribution in [-0.2, 0) is 17.1 Å². The van der Waals surface area contributed by atoms with Gasteiger partial charge in [-0.2, -0.15) is 4.31 Å². The van der Waals surface area contributed by atoms with Gasteiger partial charge in [-0.25, -0.2) is 13.4 Å². The van der Waals surface area contributed by atoms with Gasteiger partial charge >= 0.3 is 0 Å². The number of hydrogen-bond acceptors (Lipinski definition) is 6. The van der Waals surface area contributed by atoms with Crippen molar-refractivity contribution in [3.05, 3.63) is 54.9 Å². The van der Waals surface area contributed by atoms with E-state index in [1.54, 1.807) is 31.1 Å². The van der Waals surface area contributed by atoms with Crippen LogP contribution < -0.4 is 4.74 Å². The minimum absolute atomic E-state index is 0.0443. The molecule has 0 unspecified atom stereocenters. The standard InChI is InChI=1S/C20H23N5O3S/c1-24-13-18(23-14-24)29(26,27)25-10-4-6-16(12-25)20-19(21-8-9-22-20)15-5-3-7-17(11-15)28-2/h3,5,7-9,11,13-14,16H,4,6,10,12H2,1-2H3/t16-/m1/s1. The van der Waals surface area contributed by atoms with Gasteiger partial charge in [-0.3, -0.25) is 9.97 Å². The van der Waals surface area contributed by atoms with Gasteiger partial charge in [0.1, 0.15) is 5.75 Å². The number of methoxy groups -OCH3 is 1. The second-order valence-corrected chi connectivity index (χ2v) is 8.99. The van der Waals surface area contributed by atoms with E-state index < -0.39 is 10.0 Å². The van der Waals surface area contributed by atoms with E-state index >= 15 is 0 Å². The number of aromatic nitrogens is 4. The van der Waals surface area contributed by atoms with Gasteiger partial charge in [-0.15, -0.1) is 0 Å². The van der Waals surface area contributed by atoms with Gasteiger partial charge in [0.15, 0.2) is 5.03 Å². The van der Waals surface area contributed by atoms with E-state index in [2.05, 4.69) is 15.0 Å². The highest BCUT2D eigenvalue weighted by Crippen LogP contribution is 2.34. The Morgan fingerprint density at radius 3 is 2.76 bits per heavy atom. The van der Waals surface area contributed by atoms with Gasteiger partial charge in [0.25, 0.3) is 10.0 Å². The third kappa shape index (κ3) is 3.88. The summed E-state index contributed by atoms with van der Waals surface area (Å²) in [6.45, 7) is 0.832. The lowest BCUT2D eigenvalue weighted by Gasteiger charge is -2.31. The first-order valence-corrected chi connectivity index (χ1v) is 10.9. The Balaban J connectivity index is 1.66. The molecule has 29 heavy (non-hydrogen) atoms. The maximum Gasteiger partial charge on any atom is 0.262 e. The van der Waals surface area contributed by atoms with E-state index in [4.69, 9.17) is 4.74 Å². The lowest BCUT2D eigenvalue weighted by Crippen LogP contribution is -2.39. The minimum Gasteiger partial charge on any atom is -0.497 e. The van der Waals surface area contributed by atoms with E-state index in [0.717, 1.165) is 35.5 Å². The van der Waals surface area contributed by atoms with Gasteiger partial charge in [0, 0.05) is 50.2 Å². The molecule has 3 heterocycles. The molecule has 4 rings (SSSR count). The smallest absolute Gasteiger partial charge is 0.262 e. The Labute approximate surface area is 170 Å². The molecule has 9 heteroatoms. The number of sulfonamides is 1. The van der Waals surface area contributed by atoms with Crippen LogP contribution in [0.15, 0.2) is 54.2 Å². The normalized spacial score (nSPS) is 17.9. The van der Waals surface area contributed by atoms with Gasteiger partial charge in [0.05, 0.1) is 24.8 Å². The fourth-order valence-corrected chi connectivity index (χ4v) is 5.17. The van der Waals surface area contributed by atoms with Crippen LogP contribution in [0.4, 0.5) is 0 Å². The maximum absolute atomic E-state index is 13.0. The van der Waals surface area contributed by atoms with Crippen molar-refractivity contribution >= 4 is 10.0 Å². The summed E-state index contributed by atoms with van der Waals surface area (Å²) >= 11 is 0. The first-order chi connectivity index (χ1) is 14.0. The molecule has 0 aliphatic carbocycles.